The van der Waals surface area contributed by atoms with Crippen molar-refractivity contribution in [1.82, 2.24) is 19.9 Å². The van der Waals surface area contributed by atoms with E-state index in [0.717, 1.165) is 12.1 Å². The maximum Gasteiger partial charge on any atom is 0.417 e. The van der Waals surface area contributed by atoms with Crippen molar-refractivity contribution in [2.24, 2.45) is 0 Å². The van der Waals surface area contributed by atoms with Gasteiger partial charge in [0.15, 0.2) is 17.3 Å². The number of hydrogen-bond donors (Lipinski definition) is 1. The molecule has 0 radical (unpaired) electrons. The van der Waals surface area contributed by atoms with Gasteiger partial charge in [0.05, 0.1) is 11.6 Å². The molecule has 0 spiro atoms. The van der Waals surface area contributed by atoms with Gasteiger partial charge in [0.2, 0.25) is 11.5 Å². The molecule has 32 heavy (non-hydrogen) atoms. The fourth-order valence-corrected chi connectivity index (χ4v) is 2.79. The smallest absolute Gasteiger partial charge is 0.333 e. The van der Waals surface area contributed by atoms with Gasteiger partial charge in [0.1, 0.15) is 16.5 Å². The minimum Gasteiger partial charge on any atom is -0.333 e. The third-order valence-electron chi connectivity index (χ3n) is 4.01. The number of hydrogen-bond acceptors (Lipinski definition) is 4. The van der Waals surface area contributed by atoms with Crippen molar-refractivity contribution in [2.45, 2.75) is 18.4 Å². The molecule has 0 saturated carbocycles. The van der Waals surface area contributed by atoms with Crippen molar-refractivity contribution in [3.63, 3.8) is 0 Å². The van der Waals surface area contributed by atoms with Gasteiger partial charge in [-0.3, -0.25) is 14.2 Å². The Morgan fingerprint density at radius 3 is 2.28 bits per heavy atom. The standard InChI is InChI=1S/C17H7ClF8N4O2/c18-10-2-1-7-11(31)8(14(32)29-15(16(21,22)23)17(24,25)26)5-30(12(7)28-10)13-9(20)3-6(19)4-27-13/h1-5,15H,(H,29,32). The fraction of sp³-hybridized carbons (Fsp3) is 0.176. The summed E-state index contributed by atoms with van der Waals surface area (Å²) in [7, 11) is 0. The van der Waals surface area contributed by atoms with Gasteiger partial charge in [-0.2, -0.15) is 26.3 Å². The van der Waals surface area contributed by atoms with E-state index in [1.54, 1.807) is 0 Å². The van der Waals surface area contributed by atoms with Crippen LogP contribution in [0.5, 0.6) is 0 Å². The van der Waals surface area contributed by atoms with Gasteiger partial charge in [0, 0.05) is 12.3 Å². The largest absolute Gasteiger partial charge is 0.417 e. The molecule has 15 heteroatoms. The van der Waals surface area contributed by atoms with E-state index in [1.165, 1.54) is 0 Å². The molecule has 170 valence electrons. The minimum absolute atomic E-state index is 0.237. The van der Waals surface area contributed by atoms with Crippen molar-refractivity contribution in [3.05, 3.63) is 63.2 Å². The number of carbonyl (C=O) groups is 1. The lowest BCUT2D eigenvalue weighted by molar-refractivity contribution is -0.255. The molecule has 0 aromatic carbocycles. The van der Waals surface area contributed by atoms with Crippen LogP contribution in [0.3, 0.4) is 0 Å². The number of rotatable bonds is 3. The summed E-state index contributed by atoms with van der Waals surface area (Å²) in [6, 6.07) is -1.91. The summed E-state index contributed by atoms with van der Waals surface area (Å²) >= 11 is 5.74. The van der Waals surface area contributed by atoms with E-state index in [1.807, 2.05) is 0 Å². The molecule has 0 aliphatic carbocycles. The average molecular weight is 487 g/mol. The number of nitrogens with one attached hydrogen (secondary N) is 1. The van der Waals surface area contributed by atoms with E-state index in [0.29, 0.717) is 28.3 Å². The van der Waals surface area contributed by atoms with E-state index in [2.05, 4.69) is 9.97 Å². The van der Waals surface area contributed by atoms with E-state index in [4.69, 9.17) is 11.6 Å². The van der Waals surface area contributed by atoms with E-state index in [-0.39, 0.29) is 5.15 Å². The molecule has 0 bridgehead atoms. The van der Waals surface area contributed by atoms with Crippen LogP contribution >= 0.6 is 11.6 Å². The van der Waals surface area contributed by atoms with Crippen molar-refractivity contribution < 1.29 is 39.9 Å². The average Bonchev–Trinajstić information content (AvgIpc) is 2.65. The van der Waals surface area contributed by atoms with Crippen LogP contribution in [0.1, 0.15) is 10.4 Å². The van der Waals surface area contributed by atoms with Crippen molar-refractivity contribution in [2.75, 3.05) is 0 Å². The van der Waals surface area contributed by atoms with Gasteiger partial charge in [-0.15, -0.1) is 0 Å². The maximum atomic E-state index is 14.3. The number of nitrogens with zero attached hydrogens (tertiary/aromatic N) is 3. The molecule has 3 rings (SSSR count). The minimum atomic E-state index is -5.93. The Hall–Kier alpha value is -3.29. The molecule has 6 nitrogen and oxygen atoms in total. The second-order valence-corrected chi connectivity index (χ2v) is 6.58. The highest BCUT2D eigenvalue weighted by atomic mass is 35.5. The molecule has 3 heterocycles. The summed E-state index contributed by atoms with van der Waals surface area (Å²) < 4.78 is 105. The number of amides is 1. The number of carbonyl (C=O) groups excluding carboxylic acids is 1. The Morgan fingerprint density at radius 2 is 1.72 bits per heavy atom. The normalized spacial score (nSPS) is 12.4. The summed E-state index contributed by atoms with van der Waals surface area (Å²) in [4.78, 5) is 32.0. The van der Waals surface area contributed by atoms with Crippen molar-refractivity contribution in [1.29, 1.82) is 0 Å². The maximum absolute atomic E-state index is 14.3. The van der Waals surface area contributed by atoms with Gasteiger partial charge < -0.3 is 5.32 Å². The lowest BCUT2D eigenvalue weighted by Gasteiger charge is -2.24. The molecule has 3 aromatic heterocycles. The summed E-state index contributed by atoms with van der Waals surface area (Å²) in [6.45, 7) is 0. The topological polar surface area (TPSA) is 76.9 Å². The number of alkyl halides is 6. The number of pyridine rings is 3. The van der Waals surface area contributed by atoms with Gasteiger partial charge in [-0.1, -0.05) is 11.6 Å². The van der Waals surface area contributed by atoms with Crippen LogP contribution in [-0.2, 0) is 0 Å². The Morgan fingerprint density at radius 1 is 1.09 bits per heavy atom. The van der Waals surface area contributed by atoms with E-state index >= 15 is 0 Å². The third-order valence-corrected chi connectivity index (χ3v) is 4.22. The molecule has 1 amide bonds. The second-order valence-electron chi connectivity index (χ2n) is 6.20. The first-order chi connectivity index (χ1) is 14.7. The van der Waals surface area contributed by atoms with E-state index in [9.17, 15) is 44.7 Å². The zero-order chi connectivity index (χ0) is 24.0. The molecule has 0 aliphatic rings. The summed E-state index contributed by atoms with van der Waals surface area (Å²) in [5, 5.41) is -0.0378. The van der Waals surface area contributed by atoms with Crippen molar-refractivity contribution >= 4 is 28.5 Å². The highest BCUT2D eigenvalue weighted by molar-refractivity contribution is 6.29. The van der Waals surface area contributed by atoms with Crippen LogP contribution in [0.15, 0.2) is 35.4 Å². The number of aromatic nitrogens is 3. The molecule has 0 saturated heterocycles. The van der Waals surface area contributed by atoms with E-state index < -0.39 is 63.8 Å². The molecule has 0 fully saturated rings. The molecule has 0 aliphatic heterocycles. The molecule has 0 unspecified atom stereocenters. The monoisotopic (exact) mass is 486 g/mol. The fourth-order valence-electron chi connectivity index (χ4n) is 2.65. The molecule has 3 aromatic rings. The summed E-state index contributed by atoms with van der Waals surface area (Å²) in [5.41, 5.74) is -2.98. The van der Waals surface area contributed by atoms with Crippen LogP contribution in [0.4, 0.5) is 35.1 Å². The van der Waals surface area contributed by atoms with Crippen molar-refractivity contribution in [3.8, 4) is 5.82 Å². The first-order valence-corrected chi connectivity index (χ1v) is 8.55. The molecule has 0 atom stereocenters. The molecular weight excluding hydrogens is 480 g/mol. The predicted molar refractivity (Wildman–Crippen MR) is 93.4 cm³/mol. The Labute approximate surface area is 176 Å². The molecule has 1 N–H and O–H groups in total. The summed E-state index contributed by atoms with van der Waals surface area (Å²) in [6.07, 6.45) is -10.9. The first-order valence-electron chi connectivity index (χ1n) is 8.17. The van der Waals surface area contributed by atoms with Crippen LogP contribution in [0.25, 0.3) is 16.9 Å². The predicted octanol–water partition coefficient (Wildman–Crippen LogP) is 3.94. The Kier molecular flexibility index (Phi) is 5.84. The van der Waals surface area contributed by atoms with Gasteiger partial charge in [-0.05, 0) is 12.1 Å². The van der Waals surface area contributed by atoms with Gasteiger partial charge >= 0.3 is 12.4 Å². The summed E-state index contributed by atoms with van der Waals surface area (Å²) in [5.74, 6) is -5.27. The highest BCUT2D eigenvalue weighted by Crippen LogP contribution is 2.33. The quantitative estimate of drug-likeness (QED) is 0.449. The lowest BCUT2D eigenvalue weighted by atomic mass is 10.1. The number of halogens is 9. The molecular formula is C17H7ClF8N4O2. The van der Waals surface area contributed by atoms with Gasteiger partial charge in [-0.25, -0.2) is 18.7 Å². The zero-order valence-electron chi connectivity index (χ0n) is 15.0. The van der Waals surface area contributed by atoms with Crippen LogP contribution < -0.4 is 10.7 Å². The van der Waals surface area contributed by atoms with Crippen LogP contribution in [0.2, 0.25) is 5.15 Å². The first kappa shape index (κ1) is 23.4. The van der Waals surface area contributed by atoms with Crippen LogP contribution in [-0.4, -0.2) is 38.8 Å². The van der Waals surface area contributed by atoms with Crippen LogP contribution in [0, 0.1) is 11.6 Å². The Balaban J connectivity index is 2.25. The Bertz CT molecular complexity index is 1260. The SMILES string of the molecule is O=C(NC(C(F)(F)F)C(F)(F)F)c1cn(-c2ncc(F)cc2F)c2nc(Cl)ccc2c1=O. The third kappa shape index (κ3) is 4.49. The lowest BCUT2D eigenvalue weighted by Crippen LogP contribution is -2.55. The second kappa shape index (κ2) is 8.00. The van der Waals surface area contributed by atoms with Gasteiger partial charge in [0.25, 0.3) is 5.91 Å². The zero-order valence-corrected chi connectivity index (χ0v) is 15.8. The number of fused-ring (bicyclic) bond motifs is 1. The highest BCUT2D eigenvalue weighted by Gasteiger charge is 2.57.